The molecule has 1 aromatic carbocycles. The van der Waals surface area contributed by atoms with Crippen molar-refractivity contribution >= 4 is 8.07 Å². The highest BCUT2D eigenvalue weighted by Crippen LogP contribution is 2.17. The number of hydrogen-bond donors (Lipinski definition) is 1. The molecule has 0 heterocycles. The summed E-state index contributed by atoms with van der Waals surface area (Å²) in [6.45, 7) is 8.02. The summed E-state index contributed by atoms with van der Waals surface area (Å²) in [4.78, 5) is 0. The second-order valence-electron chi connectivity index (χ2n) is 5.71. The normalized spacial score (nSPS) is 11.5. The van der Waals surface area contributed by atoms with E-state index in [0.29, 0.717) is 0 Å². The summed E-state index contributed by atoms with van der Waals surface area (Å²) in [6.07, 6.45) is 3.70. The predicted molar refractivity (Wildman–Crippen MR) is 75.6 cm³/mol. The van der Waals surface area contributed by atoms with Crippen molar-refractivity contribution in [1.29, 1.82) is 0 Å². The molecule has 0 aliphatic heterocycles. The number of rotatable bonds is 7. The maximum atomic E-state index is 9.12. The first-order valence-corrected chi connectivity index (χ1v) is 10.1. The Labute approximate surface area is 106 Å². The van der Waals surface area contributed by atoms with E-state index in [4.69, 9.17) is 9.84 Å². The minimum atomic E-state index is -0.856. The van der Waals surface area contributed by atoms with Crippen molar-refractivity contribution in [3.05, 3.63) is 24.3 Å². The number of benzene rings is 1. The fourth-order valence-corrected chi connectivity index (χ4v) is 2.98. The summed E-state index contributed by atoms with van der Waals surface area (Å²) in [5.74, 6) is 1.13. The average molecular weight is 252 g/mol. The first-order valence-electron chi connectivity index (χ1n) is 6.39. The van der Waals surface area contributed by atoms with E-state index in [1.54, 1.807) is 24.3 Å². The van der Waals surface area contributed by atoms with Crippen LogP contribution in [0.4, 0.5) is 0 Å². The Hall–Kier alpha value is -0.963. The SMILES string of the molecule is C[Si](C)(C)CCCCCOc1ccc(O)cc1. The van der Waals surface area contributed by atoms with Crippen molar-refractivity contribution in [2.24, 2.45) is 0 Å². The molecule has 0 saturated heterocycles. The van der Waals surface area contributed by atoms with Crippen LogP contribution < -0.4 is 4.74 Å². The second kappa shape index (κ2) is 6.69. The van der Waals surface area contributed by atoms with Crippen LogP contribution in [-0.2, 0) is 0 Å². The van der Waals surface area contributed by atoms with E-state index in [9.17, 15) is 0 Å². The van der Waals surface area contributed by atoms with Crippen molar-refractivity contribution in [2.75, 3.05) is 6.61 Å². The topological polar surface area (TPSA) is 29.5 Å². The highest BCUT2D eigenvalue weighted by molar-refractivity contribution is 6.76. The lowest BCUT2D eigenvalue weighted by Gasteiger charge is -2.15. The van der Waals surface area contributed by atoms with Crippen LogP contribution in [0.2, 0.25) is 25.7 Å². The van der Waals surface area contributed by atoms with Gasteiger partial charge in [0.15, 0.2) is 0 Å². The summed E-state index contributed by atoms with van der Waals surface area (Å²) < 4.78 is 5.59. The first kappa shape index (κ1) is 14.1. The van der Waals surface area contributed by atoms with Gasteiger partial charge in [0.05, 0.1) is 6.61 Å². The van der Waals surface area contributed by atoms with Crippen molar-refractivity contribution in [2.45, 2.75) is 44.9 Å². The first-order chi connectivity index (χ1) is 7.97. The summed E-state index contributed by atoms with van der Waals surface area (Å²) in [5, 5.41) is 9.12. The summed E-state index contributed by atoms with van der Waals surface area (Å²) in [6, 6.07) is 8.32. The minimum Gasteiger partial charge on any atom is -0.508 e. The van der Waals surface area contributed by atoms with Gasteiger partial charge in [-0.2, -0.15) is 0 Å². The lowest BCUT2D eigenvalue weighted by atomic mass is 10.2. The monoisotopic (exact) mass is 252 g/mol. The molecule has 0 unspecified atom stereocenters. The third-order valence-corrected chi connectivity index (χ3v) is 4.53. The van der Waals surface area contributed by atoms with Crippen LogP contribution in [0, 0.1) is 0 Å². The van der Waals surface area contributed by atoms with E-state index in [1.807, 2.05) is 0 Å². The molecule has 1 N–H and O–H groups in total. The van der Waals surface area contributed by atoms with Crippen molar-refractivity contribution < 1.29 is 9.84 Å². The molecule has 0 aliphatic carbocycles. The van der Waals surface area contributed by atoms with E-state index in [1.165, 1.54) is 18.9 Å². The van der Waals surface area contributed by atoms with Crippen molar-refractivity contribution in [3.8, 4) is 11.5 Å². The summed E-state index contributed by atoms with van der Waals surface area (Å²) in [7, 11) is -0.856. The maximum absolute atomic E-state index is 9.12. The molecular weight excluding hydrogens is 228 g/mol. The van der Waals surface area contributed by atoms with Gasteiger partial charge in [-0.15, -0.1) is 0 Å². The standard InChI is InChI=1S/C14H24O2Si/c1-17(2,3)12-6-4-5-11-16-14-9-7-13(15)8-10-14/h7-10,15H,4-6,11-12H2,1-3H3. The highest BCUT2D eigenvalue weighted by atomic mass is 28.3. The van der Waals surface area contributed by atoms with Gasteiger partial charge in [-0.05, 0) is 30.7 Å². The van der Waals surface area contributed by atoms with Crippen molar-refractivity contribution in [1.82, 2.24) is 0 Å². The van der Waals surface area contributed by atoms with Crippen LogP contribution in [0.15, 0.2) is 24.3 Å². The number of phenolic OH excluding ortho intramolecular Hbond substituents is 1. The Balaban J connectivity index is 2.07. The molecule has 2 nitrogen and oxygen atoms in total. The van der Waals surface area contributed by atoms with Gasteiger partial charge in [0, 0.05) is 8.07 Å². The van der Waals surface area contributed by atoms with E-state index in [0.717, 1.165) is 18.8 Å². The van der Waals surface area contributed by atoms with Crippen LogP contribution in [0.3, 0.4) is 0 Å². The minimum absolute atomic E-state index is 0.285. The van der Waals surface area contributed by atoms with E-state index in [-0.39, 0.29) is 5.75 Å². The van der Waals surface area contributed by atoms with Gasteiger partial charge in [0.1, 0.15) is 11.5 Å². The second-order valence-corrected chi connectivity index (χ2v) is 11.3. The summed E-state index contributed by atoms with van der Waals surface area (Å²) >= 11 is 0. The Kier molecular flexibility index (Phi) is 5.55. The van der Waals surface area contributed by atoms with Gasteiger partial charge in [-0.25, -0.2) is 0 Å². The highest BCUT2D eigenvalue weighted by Gasteiger charge is 2.11. The Morgan fingerprint density at radius 3 is 2.24 bits per heavy atom. The van der Waals surface area contributed by atoms with E-state index in [2.05, 4.69) is 19.6 Å². The van der Waals surface area contributed by atoms with Crippen LogP contribution >= 0.6 is 0 Å². The number of aromatic hydroxyl groups is 1. The van der Waals surface area contributed by atoms with Crippen molar-refractivity contribution in [3.63, 3.8) is 0 Å². The largest absolute Gasteiger partial charge is 0.508 e. The van der Waals surface area contributed by atoms with Gasteiger partial charge in [0.25, 0.3) is 0 Å². The lowest BCUT2D eigenvalue weighted by Crippen LogP contribution is -2.18. The van der Waals surface area contributed by atoms with Crippen LogP contribution in [0.5, 0.6) is 11.5 Å². The third-order valence-electron chi connectivity index (χ3n) is 2.68. The summed E-state index contributed by atoms with van der Waals surface area (Å²) in [5.41, 5.74) is 0. The molecule has 0 atom stereocenters. The predicted octanol–water partition coefficient (Wildman–Crippen LogP) is 4.28. The molecule has 0 spiro atoms. The van der Waals surface area contributed by atoms with Gasteiger partial charge in [0.2, 0.25) is 0 Å². The van der Waals surface area contributed by atoms with E-state index >= 15 is 0 Å². The zero-order chi connectivity index (χ0) is 12.7. The van der Waals surface area contributed by atoms with Crippen LogP contribution in [0.1, 0.15) is 19.3 Å². The lowest BCUT2D eigenvalue weighted by molar-refractivity contribution is 0.305. The molecule has 0 saturated carbocycles. The molecule has 96 valence electrons. The molecular formula is C14H24O2Si. The number of phenols is 1. The fraction of sp³-hybridized carbons (Fsp3) is 0.571. The average Bonchev–Trinajstić information content (AvgIpc) is 2.24. The smallest absolute Gasteiger partial charge is 0.119 e. The fourth-order valence-electron chi connectivity index (χ4n) is 1.67. The van der Waals surface area contributed by atoms with Crippen LogP contribution in [0.25, 0.3) is 0 Å². The zero-order valence-electron chi connectivity index (χ0n) is 11.2. The Morgan fingerprint density at radius 1 is 1.00 bits per heavy atom. The molecule has 17 heavy (non-hydrogen) atoms. The molecule has 1 aromatic rings. The Morgan fingerprint density at radius 2 is 1.65 bits per heavy atom. The third kappa shape index (κ3) is 7.05. The molecule has 0 fully saturated rings. The van der Waals surface area contributed by atoms with Crippen LogP contribution in [-0.4, -0.2) is 19.8 Å². The Bertz CT molecular complexity index is 314. The molecule has 0 bridgehead atoms. The quantitative estimate of drug-likeness (QED) is 0.580. The number of hydrogen-bond acceptors (Lipinski definition) is 2. The molecule has 0 aromatic heterocycles. The van der Waals surface area contributed by atoms with Gasteiger partial charge >= 0.3 is 0 Å². The molecule has 0 radical (unpaired) electrons. The molecule has 0 aliphatic rings. The van der Waals surface area contributed by atoms with Gasteiger partial charge in [-0.3, -0.25) is 0 Å². The molecule has 1 rings (SSSR count). The molecule has 3 heteroatoms. The zero-order valence-corrected chi connectivity index (χ0v) is 12.2. The van der Waals surface area contributed by atoms with Gasteiger partial charge in [-0.1, -0.05) is 38.5 Å². The maximum Gasteiger partial charge on any atom is 0.119 e. The van der Waals surface area contributed by atoms with Gasteiger partial charge < -0.3 is 9.84 Å². The number of unbranched alkanes of at least 4 members (excludes halogenated alkanes) is 2. The molecule has 0 amide bonds. The number of ether oxygens (including phenoxy) is 1. The van der Waals surface area contributed by atoms with E-state index < -0.39 is 8.07 Å².